The summed E-state index contributed by atoms with van der Waals surface area (Å²) in [5.41, 5.74) is 0.552. The van der Waals surface area contributed by atoms with Crippen LogP contribution in [0.3, 0.4) is 0 Å². The Morgan fingerprint density at radius 1 is 1.00 bits per heavy atom. The first-order chi connectivity index (χ1) is 18.6. The van der Waals surface area contributed by atoms with E-state index in [1.165, 1.54) is 48.5 Å². The highest BCUT2D eigenvalue weighted by Gasteiger charge is 2.49. The molecule has 5 unspecified atom stereocenters. The number of terminal acetylenes is 1. The smallest absolute Gasteiger partial charge is 0.451 e. The molecule has 0 aromatic heterocycles. The van der Waals surface area contributed by atoms with Gasteiger partial charge in [-0.05, 0) is 29.8 Å². The number of nitro benzene ring substituents is 1. The minimum absolute atomic E-state index is 0.0496. The summed E-state index contributed by atoms with van der Waals surface area (Å²) in [5.74, 6) is 0.958. The van der Waals surface area contributed by atoms with Crippen molar-refractivity contribution in [2.45, 2.75) is 37.3 Å². The molecule has 1 aliphatic heterocycles. The highest BCUT2D eigenvalue weighted by atomic mass is 16.7. The number of anilines is 1. The molecular formula is C24H22N2O13. The van der Waals surface area contributed by atoms with E-state index in [0.717, 1.165) is 0 Å². The normalized spacial score (nSPS) is 22.1. The first-order valence-electron chi connectivity index (χ1n) is 11.0. The van der Waals surface area contributed by atoms with Gasteiger partial charge in [-0.3, -0.25) is 15.4 Å². The number of hydrogen-bond donors (Lipinski definition) is 4. The van der Waals surface area contributed by atoms with E-state index in [0.29, 0.717) is 5.56 Å². The third-order valence-corrected chi connectivity index (χ3v) is 5.13. The standard InChI is InChI=1S/C24H22N2O13/c1-2-11-35-21(30)20-18(28)17(27)19(29)22(38-20)39-23(31)25-14-5-3-13(4-6-14)12-36-24(32)37-16-9-7-15(8-10-16)26(33)34/h1,3-10,17-20,22,27-29H,11-12H2,(H,25,31). The van der Waals surface area contributed by atoms with Gasteiger partial charge in [0.05, 0.1) is 4.92 Å². The predicted octanol–water partition coefficient (Wildman–Crippen LogP) is 0.843. The molecule has 39 heavy (non-hydrogen) atoms. The number of aliphatic hydroxyl groups excluding tert-OH is 3. The number of non-ortho nitro benzene ring substituents is 1. The highest BCUT2D eigenvalue weighted by molar-refractivity contribution is 5.84. The van der Waals surface area contributed by atoms with E-state index in [9.17, 15) is 39.8 Å². The molecule has 0 saturated carbocycles. The maximum Gasteiger partial charge on any atom is 0.514 e. The van der Waals surface area contributed by atoms with Gasteiger partial charge in [-0.1, -0.05) is 18.1 Å². The zero-order chi connectivity index (χ0) is 28.5. The van der Waals surface area contributed by atoms with Crippen molar-refractivity contribution >= 4 is 29.6 Å². The number of carbonyl (C=O) groups is 3. The lowest BCUT2D eigenvalue weighted by molar-refractivity contribution is -0.384. The van der Waals surface area contributed by atoms with Crippen LogP contribution in [-0.4, -0.2) is 75.8 Å². The Morgan fingerprint density at radius 2 is 1.67 bits per heavy atom. The molecule has 206 valence electrons. The minimum Gasteiger partial charge on any atom is -0.451 e. The van der Waals surface area contributed by atoms with E-state index in [-0.39, 0.29) is 23.7 Å². The number of benzene rings is 2. The molecule has 0 bridgehead atoms. The first-order valence-corrected chi connectivity index (χ1v) is 11.0. The summed E-state index contributed by atoms with van der Waals surface area (Å²) in [7, 11) is 0. The Kier molecular flexibility index (Phi) is 9.73. The zero-order valence-corrected chi connectivity index (χ0v) is 19.9. The van der Waals surface area contributed by atoms with Gasteiger partial charge in [0.25, 0.3) is 5.69 Å². The maximum atomic E-state index is 12.3. The average Bonchev–Trinajstić information content (AvgIpc) is 2.92. The Morgan fingerprint density at radius 3 is 2.28 bits per heavy atom. The van der Waals surface area contributed by atoms with Gasteiger partial charge < -0.3 is 39.0 Å². The molecule has 2 aromatic carbocycles. The summed E-state index contributed by atoms with van der Waals surface area (Å²) >= 11 is 0. The third-order valence-electron chi connectivity index (χ3n) is 5.13. The van der Waals surface area contributed by atoms with Crippen LogP contribution in [0.5, 0.6) is 5.75 Å². The number of amides is 1. The van der Waals surface area contributed by atoms with Crippen LogP contribution in [-0.2, 0) is 30.3 Å². The third kappa shape index (κ3) is 7.87. The van der Waals surface area contributed by atoms with Gasteiger partial charge in [0.2, 0.25) is 6.29 Å². The summed E-state index contributed by atoms with van der Waals surface area (Å²) in [5, 5.41) is 43.0. The summed E-state index contributed by atoms with van der Waals surface area (Å²) in [6.07, 6.45) is -6.44. The van der Waals surface area contributed by atoms with Crippen molar-refractivity contribution in [3.63, 3.8) is 0 Å². The molecule has 1 aliphatic rings. The topological polar surface area (TPSA) is 213 Å². The molecule has 5 atom stereocenters. The number of aliphatic hydroxyl groups is 3. The molecule has 0 spiro atoms. The fraction of sp³-hybridized carbons (Fsp3) is 0.292. The SMILES string of the molecule is C#CCOC(=O)C1OC(OC(=O)Nc2ccc(COC(=O)Oc3ccc([N+](=O)[O-])cc3)cc2)C(O)C(O)C1O. The lowest BCUT2D eigenvalue weighted by atomic mass is 9.99. The lowest BCUT2D eigenvalue weighted by Crippen LogP contribution is -2.61. The lowest BCUT2D eigenvalue weighted by Gasteiger charge is -2.38. The second-order valence-electron chi connectivity index (χ2n) is 7.83. The van der Waals surface area contributed by atoms with Crippen LogP contribution in [0.25, 0.3) is 0 Å². The van der Waals surface area contributed by atoms with Crippen molar-refractivity contribution < 1.29 is 58.3 Å². The molecule has 3 rings (SSSR count). The molecule has 1 fully saturated rings. The van der Waals surface area contributed by atoms with Crippen molar-refractivity contribution in [3.05, 3.63) is 64.2 Å². The summed E-state index contributed by atoms with van der Waals surface area (Å²) < 4.78 is 24.6. The van der Waals surface area contributed by atoms with Crippen LogP contribution in [0.1, 0.15) is 5.56 Å². The maximum absolute atomic E-state index is 12.3. The summed E-state index contributed by atoms with van der Waals surface area (Å²) in [6.45, 7) is -0.631. The molecule has 2 aromatic rings. The molecule has 15 heteroatoms. The number of nitro groups is 1. The van der Waals surface area contributed by atoms with E-state index >= 15 is 0 Å². The van der Waals surface area contributed by atoms with Gasteiger partial charge in [-0.2, -0.15) is 0 Å². The van der Waals surface area contributed by atoms with Gasteiger partial charge in [-0.25, -0.2) is 14.4 Å². The van der Waals surface area contributed by atoms with Crippen molar-refractivity contribution in [1.82, 2.24) is 0 Å². The molecular weight excluding hydrogens is 524 g/mol. The summed E-state index contributed by atoms with van der Waals surface area (Å²) in [4.78, 5) is 46.1. The van der Waals surface area contributed by atoms with Gasteiger partial charge in [0, 0.05) is 17.8 Å². The Hall–Kier alpha value is -4.75. The summed E-state index contributed by atoms with van der Waals surface area (Å²) in [6, 6.07) is 10.7. The zero-order valence-electron chi connectivity index (χ0n) is 19.9. The second-order valence-corrected chi connectivity index (χ2v) is 7.83. The van der Waals surface area contributed by atoms with Gasteiger partial charge in [-0.15, -0.1) is 6.42 Å². The number of rotatable bonds is 8. The molecule has 0 aliphatic carbocycles. The van der Waals surface area contributed by atoms with Crippen LogP contribution >= 0.6 is 0 Å². The molecule has 0 radical (unpaired) electrons. The van der Waals surface area contributed by atoms with Gasteiger partial charge in [0.1, 0.15) is 30.7 Å². The van der Waals surface area contributed by atoms with E-state index in [1.54, 1.807) is 0 Å². The van der Waals surface area contributed by atoms with Crippen LogP contribution < -0.4 is 10.1 Å². The molecule has 1 heterocycles. The number of carbonyl (C=O) groups excluding carboxylic acids is 3. The number of nitrogens with zero attached hydrogens (tertiary/aromatic N) is 1. The van der Waals surface area contributed by atoms with Crippen molar-refractivity contribution in [2.75, 3.05) is 11.9 Å². The average molecular weight is 546 g/mol. The molecule has 15 nitrogen and oxygen atoms in total. The van der Waals surface area contributed by atoms with Crippen molar-refractivity contribution in [2.24, 2.45) is 0 Å². The first kappa shape index (κ1) is 28.8. The number of nitrogens with one attached hydrogen (secondary N) is 1. The van der Waals surface area contributed by atoms with Crippen LogP contribution in [0.2, 0.25) is 0 Å². The Labute approximate surface area is 219 Å². The number of ether oxygens (including phenoxy) is 5. The van der Waals surface area contributed by atoms with Crippen LogP contribution in [0.4, 0.5) is 21.0 Å². The van der Waals surface area contributed by atoms with Crippen LogP contribution in [0, 0.1) is 22.5 Å². The molecule has 1 saturated heterocycles. The fourth-order valence-electron chi connectivity index (χ4n) is 3.18. The number of hydrogen-bond acceptors (Lipinski definition) is 13. The van der Waals surface area contributed by atoms with E-state index in [1.807, 2.05) is 5.92 Å². The highest BCUT2D eigenvalue weighted by Crippen LogP contribution is 2.24. The Bertz CT molecular complexity index is 1230. The van der Waals surface area contributed by atoms with Gasteiger partial charge >= 0.3 is 18.2 Å². The second kappa shape index (κ2) is 13.2. The largest absolute Gasteiger partial charge is 0.514 e. The molecule has 4 N–H and O–H groups in total. The minimum atomic E-state index is -1.90. The fourth-order valence-corrected chi connectivity index (χ4v) is 3.18. The Balaban J connectivity index is 1.48. The molecule has 1 amide bonds. The quantitative estimate of drug-likeness (QED) is 0.0903. The predicted molar refractivity (Wildman–Crippen MR) is 127 cm³/mol. The van der Waals surface area contributed by atoms with E-state index < -0.39 is 60.5 Å². The van der Waals surface area contributed by atoms with Crippen molar-refractivity contribution in [3.8, 4) is 18.1 Å². The monoisotopic (exact) mass is 546 g/mol. The van der Waals surface area contributed by atoms with E-state index in [2.05, 4.69) is 10.1 Å². The van der Waals surface area contributed by atoms with E-state index in [4.69, 9.17) is 25.4 Å². The number of esters is 1. The van der Waals surface area contributed by atoms with Crippen molar-refractivity contribution in [1.29, 1.82) is 0 Å². The van der Waals surface area contributed by atoms with Gasteiger partial charge in [0.15, 0.2) is 12.7 Å². The van der Waals surface area contributed by atoms with Crippen LogP contribution in [0.15, 0.2) is 48.5 Å².